The molecule has 3 aromatic heterocycles. The lowest BCUT2D eigenvalue weighted by atomic mass is 10.2. The normalized spacial score (nSPS) is 10.2. The zero-order valence-electron chi connectivity index (χ0n) is 11.2. The first-order chi connectivity index (χ1) is 10.7. The van der Waals surface area contributed by atoms with Gasteiger partial charge in [0.2, 0.25) is 0 Å². The second-order valence-corrected chi connectivity index (χ2v) is 4.27. The van der Waals surface area contributed by atoms with Gasteiger partial charge in [-0.2, -0.15) is 10.2 Å². The van der Waals surface area contributed by atoms with Gasteiger partial charge in [0, 0.05) is 30.9 Å². The molecule has 3 aromatic rings. The van der Waals surface area contributed by atoms with Gasteiger partial charge >= 0.3 is 0 Å². The fourth-order valence-electron chi connectivity index (χ4n) is 1.78. The third kappa shape index (κ3) is 2.85. The molecule has 1 N–H and O–H groups in total. The van der Waals surface area contributed by atoms with E-state index >= 15 is 0 Å². The number of carbonyl (C=O) groups is 1. The molecule has 0 aliphatic heterocycles. The number of pyridine rings is 1. The molecule has 0 fully saturated rings. The van der Waals surface area contributed by atoms with Crippen LogP contribution < -0.4 is 10.7 Å². The number of hydrogen-bond acceptors (Lipinski definition) is 6. The molecular weight excluding hydrogens is 284 g/mol. The van der Waals surface area contributed by atoms with Crippen molar-refractivity contribution in [2.45, 2.75) is 0 Å². The van der Waals surface area contributed by atoms with Gasteiger partial charge in [0.05, 0.1) is 0 Å². The van der Waals surface area contributed by atoms with E-state index in [0.717, 1.165) is 0 Å². The summed E-state index contributed by atoms with van der Waals surface area (Å²) >= 11 is 0. The van der Waals surface area contributed by atoms with Gasteiger partial charge in [-0.1, -0.05) is 0 Å². The summed E-state index contributed by atoms with van der Waals surface area (Å²) in [5, 5.41) is 17.6. The first-order valence-corrected chi connectivity index (χ1v) is 6.33. The van der Waals surface area contributed by atoms with Crippen LogP contribution in [-0.4, -0.2) is 30.9 Å². The third-order valence-corrected chi connectivity index (χ3v) is 2.80. The summed E-state index contributed by atoms with van der Waals surface area (Å²) in [4.78, 5) is 24.1. The summed E-state index contributed by atoms with van der Waals surface area (Å²) in [6.07, 6.45) is 5.94. The number of aromatic nitrogens is 5. The molecule has 0 radical (unpaired) electrons. The molecule has 0 aliphatic rings. The Morgan fingerprint density at radius 2 is 1.82 bits per heavy atom. The van der Waals surface area contributed by atoms with Crippen LogP contribution in [0.25, 0.3) is 5.82 Å². The molecule has 0 unspecified atom stereocenters. The minimum Gasteiger partial charge on any atom is -0.306 e. The van der Waals surface area contributed by atoms with Crippen LogP contribution in [0, 0.1) is 0 Å². The van der Waals surface area contributed by atoms with Gasteiger partial charge in [-0.05, 0) is 24.3 Å². The predicted octanol–water partition coefficient (Wildman–Crippen LogP) is 0.670. The van der Waals surface area contributed by atoms with E-state index in [2.05, 4.69) is 25.7 Å². The Morgan fingerprint density at radius 1 is 1.05 bits per heavy atom. The molecule has 22 heavy (non-hydrogen) atoms. The van der Waals surface area contributed by atoms with Crippen molar-refractivity contribution >= 4 is 11.7 Å². The molecule has 0 saturated heterocycles. The SMILES string of the molecule is O=C(Nc1cccnn1)c1cn(-c2cccnn2)ccc1=O. The Labute approximate surface area is 124 Å². The fourth-order valence-corrected chi connectivity index (χ4v) is 1.78. The molecule has 0 atom stereocenters. The first-order valence-electron chi connectivity index (χ1n) is 6.33. The highest BCUT2D eigenvalue weighted by atomic mass is 16.2. The van der Waals surface area contributed by atoms with Gasteiger partial charge in [-0.15, -0.1) is 10.2 Å². The Hall–Kier alpha value is -3.42. The molecule has 8 heteroatoms. The van der Waals surface area contributed by atoms with E-state index in [0.29, 0.717) is 5.82 Å². The van der Waals surface area contributed by atoms with E-state index in [-0.39, 0.29) is 11.4 Å². The number of anilines is 1. The van der Waals surface area contributed by atoms with Gasteiger partial charge in [-0.25, -0.2) is 0 Å². The summed E-state index contributed by atoms with van der Waals surface area (Å²) in [5.74, 6) is 0.196. The van der Waals surface area contributed by atoms with Crippen molar-refractivity contribution in [3.8, 4) is 5.82 Å². The maximum atomic E-state index is 12.2. The molecule has 0 saturated carbocycles. The molecule has 0 aliphatic carbocycles. The molecule has 0 aromatic carbocycles. The monoisotopic (exact) mass is 294 g/mol. The Morgan fingerprint density at radius 3 is 2.50 bits per heavy atom. The molecule has 8 nitrogen and oxygen atoms in total. The summed E-state index contributed by atoms with van der Waals surface area (Å²) in [6.45, 7) is 0. The van der Waals surface area contributed by atoms with Gasteiger partial charge in [-0.3, -0.25) is 9.59 Å². The largest absolute Gasteiger partial charge is 0.306 e. The fraction of sp³-hybridized carbons (Fsp3) is 0. The van der Waals surface area contributed by atoms with Crippen molar-refractivity contribution < 1.29 is 4.79 Å². The second-order valence-electron chi connectivity index (χ2n) is 4.27. The summed E-state index contributed by atoms with van der Waals surface area (Å²) < 4.78 is 1.54. The lowest BCUT2D eigenvalue weighted by molar-refractivity contribution is 0.102. The van der Waals surface area contributed by atoms with E-state index in [1.807, 2.05) is 0 Å². The molecule has 108 valence electrons. The molecule has 1 amide bonds. The number of carbonyl (C=O) groups excluding carboxylic acids is 1. The maximum Gasteiger partial charge on any atom is 0.262 e. The van der Waals surface area contributed by atoms with Crippen LogP contribution in [0.4, 0.5) is 5.82 Å². The molecule has 0 spiro atoms. The average molecular weight is 294 g/mol. The summed E-state index contributed by atoms with van der Waals surface area (Å²) in [6, 6.07) is 7.92. The van der Waals surface area contributed by atoms with E-state index in [1.165, 1.54) is 30.9 Å². The van der Waals surface area contributed by atoms with Crippen LogP contribution >= 0.6 is 0 Å². The molecule has 3 rings (SSSR count). The van der Waals surface area contributed by atoms with Crippen LogP contribution in [0.3, 0.4) is 0 Å². The predicted molar refractivity (Wildman–Crippen MR) is 77.6 cm³/mol. The Kier molecular flexibility index (Phi) is 3.65. The second kappa shape index (κ2) is 5.92. The highest BCUT2D eigenvalue weighted by Gasteiger charge is 2.12. The van der Waals surface area contributed by atoms with E-state index in [1.54, 1.807) is 28.8 Å². The topological polar surface area (TPSA) is 103 Å². The van der Waals surface area contributed by atoms with Crippen molar-refractivity contribution in [2.75, 3.05) is 5.32 Å². The van der Waals surface area contributed by atoms with Gasteiger partial charge < -0.3 is 9.88 Å². The minimum absolute atomic E-state index is 0.0289. The average Bonchev–Trinajstić information content (AvgIpc) is 2.57. The molecule has 3 heterocycles. The minimum atomic E-state index is -0.566. The summed E-state index contributed by atoms with van der Waals surface area (Å²) in [5.41, 5.74) is -0.430. The molecular formula is C14H10N6O2. The number of rotatable bonds is 3. The van der Waals surface area contributed by atoms with Gasteiger partial charge in [0.1, 0.15) is 5.56 Å². The lowest BCUT2D eigenvalue weighted by Gasteiger charge is -2.07. The zero-order valence-corrected chi connectivity index (χ0v) is 11.2. The lowest BCUT2D eigenvalue weighted by Crippen LogP contribution is -2.23. The zero-order chi connectivity index (χ0) is 15.4. The standard InChI is InChI=1S/C14H10N6O2/c21-11-5-8-20(13-4-2-7-16-19-13)9-10(11)14(22)17-12-3-1-6-15-18-12/h1-9H,(H,17,18,22). The van der Waals surface area contributed by atoms with Crippen LogP contribution in [0.2, 0.25) is 0 Å². The van der Waals surface area contributed by atoms with Crippen LogP contribution in [0.1, 0.15) is 10.4 Å². The first kappa shape index (κ1) is 13.6. The number of nitrogens with zero attached hydrogens (tertiary/aromatic N) is 5. The Balaban J connectivity index is 1.93. The molecule has 0 bridgehead atoms. The number of hydrogen-bond donors (Lipinski definition) is 1. The van der Waals surface area contributed by atoms with Crippen molar-refractivity contribution in [1.29, 1.82) is 0 Å². The van der Waals surface area contributed by atoms with Gasteiger partial charge in [0.25, 0.3) is 5.91 Å². The van der Waals surface area contributed by atoms with Gasteiger partial charge in [0.15, 0.2) is 17.1 Å². The Bertz CT molecular complexity index is 848. The van der Waals surface area contributed by atoms with Crippen molar-refractivity contribution in [3.05, 3.63) is 70.9 Å². The highest BCUT2D eigenvalue weighted by Crippen LogP contribution is 2.05. The van der Waals surface area contributed by atoms with E-state index < -0.39 is 11.3 Å². The van der Waals surface area contributed by atoms with E-state index in [9.17, 15) is 9.59 Å². The van der Waals surface area contributed by atoms with Crippen LogP contribution in [-0.2, 0) is 0 Å². The van der Waals surface area contributed by atoms with E-state index in [4.69, 9.17) is 0 Å². The third-order valence-electron chi connectivity index (χ3n) is 2.80. The van der Waals surface area contributed by atoms with Crippen molar-refractivity contribution in [1.82, 2.24) is 25.0 Å². The quantitative estimate of drug-likeness (QED) is 0.761. The van der Waals surface area contributed by atoms with Crippen molar-refractivity contribution in [2.24, 2.45) is 0 Å². The number of nitrogens with one attached hydrogen (secondary N) is 1. The van der Waals surface area contributed by atoms with Crippen LogP contribution in [0.15, 0.2) is 59.9 Å². The van der Waals surface area contributed by atoms with Crippen LogP contribution in [0.5, 0.6) is 0 Å². The summed E-state index contributed by atoms with van der Waals surface area (Å²) in [7, 11) is 0. The highest BCUT2D eigenvalue weighted by molar-refractivity contribution is 6.03. The van der Waals surface area contributed by atoms with Crippen molar-refractivity contribution in [3.63, 3.8) is 0 Å². The maximum absolute atomic E-state index is 12.2. The smallest absolute Gasteiger partial charge is 0.262 e. The number of amides is 1.